The third-order valence-electron chi connectivity index (χ3n) is 3.40. The van der Waals surface area contributed by atoms with Gasteiger partial charge < -0.3 is 10.6 Å². The average molecular weight is 234 g/mol. The molecule has 1 aromatic heterocycles. The molecule has 1 aromatic rings. The molecule has 1 fully saturated rings. The van der Waals surface area contributed by atoms with Crippen LogP contribution in [0.25, 0.3) is 0 Å². The van der Waals surface area contributed by atoms with Crippen molar-refractivity contribution < 1.29 is 0 Å². The third-order valence-corrected chi connectivity index (χ3v) is 3.40. The average Bonchev–Trinajstić information content (AvgIpc) is 2.60. The quantitative estimate of drug-likeness (QED) is 0.864. The number of hydrogen-bond donors (Lipinski definition) is 1. The summed E-state index contributed by atoms with van der Waals surface area (Å²) in [6, 6.07) is 2.27. The van der Waals surface area contributed by atoms with Crippen molar-refractivity contribution in [2.45, 2.75) is 39.7 Å². The number of rotatable bonds is 3. The van der Waals surface area contributed by atoms with E-state index in [-0.39, 0.29) is 6.04 Å². The smallest absolute Gasteiger partial charge is 0.225 e. The van der Waals surface area contributed by atoms with Crippen LogP contribution in [0.2, 0.25) is 0 Å². The van der Waals surface area contributed by atoms with E-state index >= 15 is 0 Å². The maximum atomic E-state index is 6.17. The van der Waals surface area contributed by atoms with Crippen molar-refractivity contribution >= 4 is 5.95 Å². The monoisotopic (exact) mass is 234 g/mol. The van der Waals surface area contributed by atoms with Crippen molar-refractivity contribution in [1.82, 2.24) is 9.97 Å². The summed E-state index contributed by atoms with van der Waals surface area (Å²) in [7, 11) is 0. The van der Waals surface area contributed by atoms with Crippen molar-refractivity contribution in [3.63, 3.8) is 0 Å². The van der Waals surface area contributed by atoms with Crippen LogP contribution in [0.1, 0.15) is 31.2 Å². The molecule has 0 radical (unpaired) electrons. The molecular formula is C13H22N4. The molecule has 1 aliphatic rings. The maximum absolute atomic E-state index is 6.17. The number of nitrogens with zero attached hydrogens (tertiary/aromatic N) is 3. The lowest BCUT2D eigenvalue weighted by molar-refractivity contribution is 0.472. The molecule has 1 saturated heterocycles. The summed E-state index contributed by atoms with van der Waals surface area (Å²) in [6.45, 7) is 8.11. The topological polar surface area (TPSA) is 55.0 Å². The lowest BCUT2D eigenvalue weighted by Crippen LogP contribution is -2.30. The highest BCUT2D eigenvalue weighted by Gasteiger charge is 2.30. The molecule has 0 amide bonds. The van der Waals surface area contributed by atoms with Crippen LogP contribution in [-0.4, -0.2) is 29.1 Å². The molecule has 0 spiro atoms. The number of aryl methyl sites for hydroxylation is 2. The molecule has 2 rings (SSSR count). The van der Waals surface area contributed by atoms with E-state index in [2.05, 4.69) is 21.8 Å². The lowest BCUT2D eigenvalue weighted by Gasteiger charge is -2.16. The Morgan fingerprint density at radius 1 is 1.29 bits per heavy atom. The van der Waals surface area contributed by atoms with E-state index in [1.807, 2.05) is 19.9 Å². The molecule has 4 heteroatoms. The molecule has 0 saturated carbocycles. The van der Waals surface area contributed by atoms with Gasteiger partial charge in [0.25, 0.3) is 0 Å². The summed E-state index contributed by atoms with van der Waals surface area (Å²) in [5.41, 5.74) is 8.23. The van der Waals surface area contributed by atoms with Crippen LogP contribution >= 0.6 is 0 Å². The van der Waals surface area contributed by atoms with Crippen molar-refractivity contribution in [2.75, 3.05) is 18.0 Å². The highest BCUT2D eigenvalue weighted by atomic mass is 15.3. The fraction of sp³-hybridized carbons (Fsp3) is 0.692. The summed E-state index contributed by atoms with van der Waals surface area (Å²) in [5, 5.41) is 0. The molecule has 0 aliphatic carbocycles. The maximum Gasteiger partial charge on any atom is 0.225 e. The van der Waals surface area contributed by atoms with Gasteiger partial charge in [0.15, 0.2) is 0 Å². The summed E-state index contributed by atoms with van der Waals surface area (Å²) in [4.78, 5) is 11.2. The van der Waals surface area contributed by atoms with Gasteiger partial charge in [0.05, 0.1) is 0 Å². The molecular weight excluding hydrogens is 212 g/mol. The number of anilines is 1. The fourth-order valence-corrected chi connectivity index (χ4v) is 2.58. The second-order valence-corrected chi connectivity index (χ2v) is 5.07. The first kappa shape index (κ1) is 12.3. The van der Waals surface area contributed by atoms with Gasteiger partial charge in [0.2, 0.25) is 5.95 Å². The molecule has 2 atom stereocenters. The Morgan fingerprint density at radius 3 is 2.53 bits per heavy atom. The second kappa shape index (κ2) is 5.00. The first-order valence-electron chi connectivity index (χ1n) is 6.43. The van der Waals surface area contributed by atoms with Crippen molar-refractivity contribution in [3.8, 4) is 0 Å². The van der Waals surface area contributed by atoms with E-state index in [0.717, 1.165) is 30.4 Å². The summed E-state index contributed by atoms with van der Waals surface area (Å²) < 4.78 is 0. The van der Waals surface area contributed by atoms with Crippen LogP contribution in [0.5, 0.6) is 0 Å². The van der Waals surface area contributed by atoms with Gasteiger partial charge in [-0.15, -0.1) is 0 Å². The van der Waals surface area contributed by atoms with E-state index in [9.17, 15) is 0 Å². The summed E-state index contributed by atoms with van der Waals surface area (Å²) in [5.74, 6) is 1.43. The van der Waals surface area contributed by atoms with Crippen LogP contribution in [-0.2, 0) is 0 Å². The third kappa shape index (κ3) is 2.75. The zero-order chi connectivity index (χ0) is 12.4. The predicted octanol–water partition coefficient (Wildman–Crippen LogP) is 1.66. The molecule has 2 N–H and O–H groups in total. The standard InChI is InChI=1S/C13H22N4/c1-4-5-11-7-17(8-12(11)14)13-15-9(2)6-10(3)16-13/h6,11-12H,4-5,7-8,14H2,1-3H3/t11-,12-/m1/s1. The van der Waals surface area contributed by atoms with Crippen LogP contribution in [0, 0.1) is 19.8 Å². The molecule has 94 valence electrons. The van der Waals surface area contributed by atoms with Gasteiger partial charge in [0, 0.05) is 30.5 Å². The number of hydrogen-bond acceptors (Lipinski definition) is 4. The van der Waals surface area contributed by atoms with Crippen LogP contribution in [0.3, 0.4) is 0 Å². The van der Waals surface area contributed by atoms with Gasteiger partial charge in [-0.25, -0.2) is 9.97 Å². The van der Waals surface area contributed by atoms with Crippen molar-refractivity contribution in [1.29, 1.82) is 0 Å². The van der Waals surface area contributed by atoms with Gasteiger partial charge in [-0.1, -0.05) is 13.3 Å². The first-order chi connectivity index (χ1) is 8.10. The van der Waals surface area contributed by atoms with Gasteiger partial charge in [-0.05, 0) is 32.3 Å². The fourth-order valence-electron chi connectivity index (χ4n) is 2.58. The molecule has 0 bridgehead atoms. The molecule has 1 aliphatic heterocycles. The molecule has 17 heavy (non-hydrogen) atoms. The van der Waals surface area contributed by atoms with Crippen LogP contribution in [0.15, 0.2) is 6.07 Å². The van der Waals surface area contributed by atoms with Gasteiger partial charge >= 0.3 is 0 Å². The predicted molar refractivity (Wildman–Crippen MR) is 70.1 cm³/mol. The van der Waals surface area contributed by atoms with Gasteiger partial charge in [-0.2, -0.15) is 0 Å². The molecule has 2 heterocycles. The largest absolute Gasteiger partial charge is 0.339 e. The Bertz CT molecular complexity index is 371. The van der Waals surface area contributed by atoms with Gasteiger partial charge in [-0.3, -0.25) is 0 Å². The highest BCUT2D eigenvalue weighted by molar-refractivity contribution is 5.34. The van der Waals surface area contributed by atoms with Crippen molar-refractivity contribution in [3.05, 3.63) is 17.5 Å². The molecule has 4 nitrogen and oxygen atoms in total. The Hall–Kier alpha value is -1.16. The Morgan fingerprint density at radius 2 is 1.94 bits per heavy atom. The van der Waals surface area contributed by atoms with E-state index in [1.165, 1.54) is 12.8 Å². The minimum absolute atomic E-state index is 0.263. The number of nitrogens with two attached hydrogens (primary N) is 1. The Labute approximate surface area is 103 Å². The summed E-state index contributed by atoms with van der Waals surface area (Å²) >= 11 is 0. The normalized spacial score (nSPS) is 24.4. The number of aromatic nitrogens is 2. The van der Waals surface area contributed by atoms with Crippen LogP contribution in [0.4, 0.5) is 5.95 Å². The first-order valence-corrected chi connectivity index (χ1v) is 6.43. The minimum Gasteiger partial charge on any atom is -0.339 e. The van der Waals surface area contributed by atoms with E-state index in [0.29, 0.717) is 5.92 Å². The van der Waals surface area contributed by atoms with Crippen LogP contribution < -0.4 is 10.6 Å². The van der Waals surface area contributed by atoms with E-state index in [4.69, 9.17) is 5.73 Å². The SMILES string of the molecule is CCC[C@@H]1CN(c2nc(C)cc(C)n2)C[C@H]1N. The zero-order valence-electron chi connectivity index (χ0n) is 11.0. The van der Waals surface area contributed by atoms with Crippen molar-refractivity contribution in [2.24, 2.45) is 11.7 Å². The summed E-state index contributed by atoms with van der Waals surface area (Å²) in [6.07, 6.45) is 2.39. The Kier molecular flexibility index (Phi) is 3.62. The zero-order valence-corrected chi connectivity index (χ0v) is 11.0. The van der Waals surface area contributed by atoms with E-state index < -0.39 is 0 Å². The van der Waals surface area contributed by atoms with E-state index in [1.54, 1.807) is 0 Å². The minimum atomic E-state index is 0.263. The Balaban J connectivity index is 2.13. The molecule has 0 unspecified atom stereocenters. The molecule has 0 aromatic carbocycles. The second-order valence-electron chi connectivity index (χ2n) is 5.07. The highest BCUT2D eigenvalue weighted by Crippen LogP contribution is 2.23. The lowest BCUT2D eigenvalue weighted by atomic mass is 9.99. The van der Waals surface area contributed by atoms with Gasteiger partial charge in [0.1, 0.15) is 0 Å².